The lowest BCUT2D eigenvalue weighted by atomic mass is 10.2. The molecule has 0 bridgehead atoms. The molecule has 0 radical (unpaired) electrons. The molecule has 1 aromatic heterocycles. The second-order valence-corrected chi connectivity index (χ2v) is 4.66. The zero-order chi connectivity index (χ0) is 13.8. The summed E-state index contributed by atoms with van der Waals surface area (Å²) in [7, 11) is 0. The maximum absolute atomic E-state index is 11.3. The number of benzene rings is 1. The fourth-order valence-corrected chi connectivity index (χ4v) is 1.92. The summed E-state index contributed by atoms with van der Waals surface area (Å²) in [4.78, 5) is 14.1. The zero-order valence-corrected chi connectivity index (χ0v) is 11.8. The Balaban J connectivity index is 2.29. The molecule has 2 N–H and O–H groups in total. The first kappa shape index (κ1) is 13.7. The number of H-pyrrole nitrogens is 1. The summed E-state index contributed by atoms with van der Waals surface area (Å²) in [5.74, 6) is -0.619. The summed E-state index contributed by atoms with van der Waals surface area (Å²) in [5.41, 5.74) is 0.952. The van der Waals surface area contributed by atoms with Crippen LogP contribution >= 0.6 is 15.9 Å². The number of carbonyl (C=O) groups excluding carboxylic acids is 1. The van der Waals surface area contributed by atoms with Crippen LogP contribution in [-0.4, -0.2) is 29.2 Å². The number of nitrogens with zero attached hydrogens (tertiary/aromatic N) is 2. The third-order valence-electron chi connectivity index (χ3n) is 2.41. The molecule has 1 amide bonds. The summed E-state index contributed by atoms with van der Waals surface area (Å²) in [6.07, 6.45) is 0. The van der Waals surface area contributed by atoms with Gasteiger partial charge < -0.3 is 14.8 Å². The minimum Gasteiger partial charge on any atom is -0.493 e. The molecule has 0 aliphatic carbocycles. The standard InChI is InChI=1S/C12H12BrN3O3/c1-2-19-6-10(17)15-16-11-8-5-7(13)3-4-9(8)14-12(11)18/h3-5,14,18H,2,6H2,1H3. The van der Waals surface area contributed by atoms with Crippen LogP contribution in [0.1, 0.15) is 6.92 Å². The van der Waals surface area contributed by atoms with Gasteiger partial charge in [-0.05, 0) is 25.1 Å². The van der Waals surface area contributed by atoms with E-state index in [1.165, 1.54) is 0 Å². The number of rotatable bonds is 4. The molecule has 100 valence electrons. The summed E-state index contributed by atoms with van der Waals surface area (Å²) < 4.78 is 5.76. The van der Waals surface area contributed by atoms with Crippen LogP contribution in [0.3, 0.4) is 0 Å². The highest BCUT2D eigenvalue weighted by Gasteiger charge is 2.11. The molecule has 6 nitrogen and oxygen atoms in total. The van der Waals surface area contributed by atoms with Gasteiger partial charge in [0.2, 0.25) is 5.88 Å². The van der Waals surface area contributed by atoms with Crippen molar-refractivity contribution in [1.29, 1.82) is 0 Å². The SMILES string of the molecule is CCOCC(=O)N=Nc1c(O)[nH]c2ccc(Br)cc12. The van der Waals surface area contributed by atoms with Crippen LogP contribution in [0.5, 0.6) is 5.88 Å². The Morgan fingerprint density at radius 3 is 3.05 bits per heavy atom. The van der Waals surface area contributed by atoms with Gasteiger partial charge in [-0.2, -0.15) is 0 Å². The third-order valence-corrected chi connectivity index (χ3v) is 2.90. The molecule has 0 aliphatic heterocycles. The average Bonchev–Trinajstić information content (AvgIpc) is 2.69. The van der Waals surface area contributed by atoms with Crippen molar-refractivity contribution in [2.75, 3.05) is 13.2 Å². The molecule has 2 aromatic rings. The van der Waals surface area contributed by atoms with Gasteiger partial charge in [-0.3, -0.25) is 4.79 Å². The highest BCUT2D eigenvalue weighted by Crippen LogP contribution is 2.36. The van der Waals surface area contributed by atoms with Gasteiger partial charge in [-0.1, -0.05) is 15.9 Å². The van der Waals surface area contributed by atoms with Crippen LogP contribution in [0.2, 0.25) is 0 Å². The van der Waals surface area contributed by atoms with Gasteiger partial charge in [0, 0.05) is 16.5 Å². The maximum atomic E-state index is 11.3. The van der Waals surface area contributed by atoms with E-state index in [0.717, 1.165) is 4.47 Å². The lowest BCUT2D eigenvalue weighted by Crippen LogP contribution is -2.04. The molecular formula is C12H12BrN3O3. The molecule has 0 aliphatic rings. The van der Waals surface area contributed by atoms with Crippen molar-refractivity contribution in [2.24, 2.45) is 10.2 Å². The van der Waals surface area contributed by atoms with Gasteiger partial charge in [-0.25, -0.2) is 0 Å². The highest BCUT2D eigenvalue weighted by atomic mass is 79.9. The van der Waals surface area contributed by atoms with E-state index >= 15 is 0 Å². The first-order valence-corrected chi connectivity index (χ1v) is 6.43. The Kier molecular flexibility index (Phi) is 4.28. The Morgan fingerprint density at radius 1 is 1.53 bits per heavy atom. The van der Waals surface area contributed by atoms with E-state index in [-0.39, 0.29) is 18.2 Å². The number of aromatic nitrogens is 1. The van der Waals surface area contributed by atoms with Gasteiger partial charge >= 0.3 is 0 Å². The summed E-state index contributed by atoms with van der Waals surface area (Å²) in [5, 5.41) is 17.7. The van der Waals surface area contributed by atoms with Crippen molar-refractivity contribution in [3.05, 3.63) is 22.7 Å². The second-order valence-electron chi connectivity index (χ2n) is 3.74. The molecule has 0 saturated carbocycles. The molecule has 2 rings (SSSR count). The molecule has 1 heterocycles. The largest absolute Gasteiger partial charge is 0.493 e. The average molecular weight is 326 g/mol. The van der Waals surface area contributed by atoms with Crippen LogP contribution in [0.4, 0.5) is 5.69 Å². The minimum absolute atomic E-state index is 0.118. The van der Waals surface area contributed by atoms with Crippen LogP contribution in [0.25, 0.3) is 10.9 Å². The Hall–Kier alpha value is -1.73. The number of nitrogens with one attached hydrogen (secondary N) is 1. The number of aromatic hydroxyl groups is 1. The van der Waals surface area contributed by atoms with Gasteiger partial charge in [0.05, 0.1) is 5.52 Å². The van der Waals surface area contributed by atoms with Crippen molar-refractivity contribution in [3.8, 4) is 5.88 Å². The number of hydrogen-bond acceptors (Lipinski definition) is 4. The van der Waals surface area contributed by atoms with Crippen molar-refractivity contribution in [2.45, 2.75) is 6.92 Å². The van der Waals surface area contributed by atoms with E-state index in [2.05, 4.69) is 31.1 Å². The number of ether oxygens (including phenoxy) is 1. The molecule has 0 atom stereocenters. The number of azo groups is 1. The molecule has 0 fully saturated rings. The molecule has 0 saturated heterocycles. The van der Waals surface area contributed by atoms with Crippen molar-refractivity contribution < 1.29 is 14.6 Å². The normalized spacial score (nSPS) is 11.5. The van der Waals surface area contributed by atoms with E-state index in [4.69, 9.17) is 4.74 Å². The first-order chi connectivity index (χ1) is 9.11. The molecule has 0 unspecified atom stereocenters. The summed E-state index contributed by atoms with van der Waals surface area (Å²) in [6, 6.07) is 5.41. The maximum Gasteiger partial charge on any atom is 0.290 e. The number of aromatic amines is 1. The van der Waals surface area contributed by atoms with Crippen LogP contribution in [0, 0.1) is 0 Å². The molecule has 0 spiro atoms. The number of fused-ring (bicyclic) bond motifs is 1. The van der Waals surface area contributed by atoms with Crippen molar-refractivity contribution >= 4 is 38.4 Å². The quantitative estimate of drug-likeness (QED) is 0.845. The van der Waals surface area contributed by atoms with E-state index in [1.807, 2.05) is 6.07 Å². The predicted octanol–water partition coefficient (Wildman–Crippen LogP) is 3.28. The van der Waals surface area contributed by atoms with Gasteiger partial charge in [0.15, 0.2) is 5.69 Å². The van der Waals surface area contributed by atoms with Crippen molar-refractivity contribution in [3.63, 3.8) is 0 Å². The fraction of sp³-hybridized carbons (Fsp3) is 0.250. The highest BCUT2D eigenvalue weighted by molar-refractivity contribution is 9.10. The smallest absolute Gasteiger partial charge is 0.290 e. The molecule has 19 heavy (non-hydrogen) atoms. The number of carbonyl (C=O) groups is 1. The lowest BCUT2D eigenvalue weighted by Gasteiger charge is -1.95. The number of halogens is 1. The van der Waals surface area contributed by atoms with Gasteiger partial charge in [0.1, 0.15) is 6.61 Å². The Bertz CT molecular complexity index is 636. The van der Waals surface area contributed by atoms with E-state index in [1.54, 1.807) is 19.1 Å². The van der Waals surface area contributed by atoms with Crippen LogP contribution < -0.4 is 0 Å². The molecular weight excluding hydrogens is 314 g/mol. The Morgan fingerprint density at radius 2 is 2.32 bits per heavy atom. The zero-order valence-electron chi connectivity index (χ0n) is 10.2. The topological polar surface area (TPSA) is 87.0 Å². The molecule has 7 heteroatoms. The van der Waals surface area contributed by atoms with Crippen molar-refractivity contribution in [1.82, 2.24) is 4.98 Å². The van der Waals surface area contributed by atoms with E-state index in [0.29, 0.717) is 17.5 Å². The Labute approximate surface area is 117 Å². The molecule has 1 aromatic carbocycles. The van der Waals surface area contributed by atoms with E-state index in [9.17, 15) is 9.90 Å². The van der Waals surface area contributed by atoms with Crippen LogP contribution in [0.15, 0.2) is 32.9 Å². The summed E-state index contributed by atoms with van der Waals surface area (Å²) >= 11 is 3.34. The van der Waals surface area contributed by atoms with Crippen LogP contribution in [-0.2, 0) is 9.53 Å². The predicted molar refractivity (Wildman–Crippen MR) is 73.7 cm³/mol. The van der Waals surface area contributed by atoms with Gasteiger partial charge in [-0.15, -0.1) is 10.2 Å². The van der Waals surface area contributed by atoms with E-state index < -0.39 is 5.91 Å². The second kappa shape index (κ2) is 5.94. The lowest BCUT2D eigenvalue weighted by molar-refractivity contribution is -0.122. The fourth-order valence-electron chi connectivity index (χ4n) is 1.56. The summed E-state index contributed by atoms with van der Waals surface area (Å²) in [6.45, 7) is 2.10. The minimum atomic E-state index is -0.495. The number of hydrogen-bond donors (Lipinski definition) is 2. The number of amides is 1. The van der Waals surface area contributed by atoms with Gasteiger partial charge in [0.25, 0.3) is 5.91 Å². The third kappa shape index (κ3) is 3.18. The first-order valence-electron chi connectivity index (χ1n) is 5.64. The monoisotopic (exact) mass is 325 g/mol.